The zero-order chi connectivity index (χ0) is 15.3. The van der Waals surface area contributed by atoms with Crippen molar-refractivity contribution in [3.63, 3.8) is 0 Å². The highest BCUT2D eigenvalue weighted by atomic mass is 79.9. The van der Waals surface area contributed by atoms with Crippen molar-refractivity contribution in [3.8, 4) is 11.5 Å². The molecule has 0 spiro atoms. The highest BCUT2D eigenvalue weighted by Gasteiger charge is 2.12. The van der Waals surface area contributed by atoms with Crippen LogP contribution in [0.1, 0.15) is 20.8 Å². The van der Waals surface area contributed by atoms with Crippen molar-refractivity contribution < 1.29 is 4.74 Å². The van der Waals surface area contributed by atoms with Crippen LogP contribution in [-0.2, 0) is 11.5 Å². The Morgan fingerprint density at radius 1 is 1.33 bits per heavy atom. The lowest BCUT2D eigenvalue weighted by atomic mass is 10.3. The van der Waals surface area contributed by atoms with Crippen LogP contribution in [0.5, 0.6) is 0 Å². The minimum Gasteiger partial charge on any atom is -0.361 e. The fourth-order valence-corrected chi connectivity index (χ4v) is 3.17. The number of halogens is 1. The second-order valence-electron chi connectivity index (χ2n) is 5.66. The number of nitrogens with zero attached hydrogens (tertiary/aromatic N) is 4. The van der Waals surface area contributed by atoms with Gasteiger partial charge in [0, 0.05) is 34.7 Å². The first kappa shape index (κ1) is 16.3. The second-order valence-corrected chi connectivity index (χ2v) is 8.83. The standard InChI is InChI=1S/C14H19BrN4OSi/c1-14(2,3)21-7-6-20-10-19-9-12(15)18-13(19)11-8-16-4-5-17-11/h4-5,8-9H,6-7,10H2,1-3H3. The predicted octanol–water partition coefficient (Wildman–Crippen LogP) is 3.42. The fourth-order valence-electron chi connectivity index (χ4n) is 1.76. The molecule has 0 atom stereocenters. The van der Waals surface area contributed by atoms with E-state index in [2.05, 4.69) is 51.7 Å². The van der Waals surface area contributed by atoms with E-state index in [1.807, 2.05) is 10.8 Å². The van der Waals surface area contributed by atoms with Crippen LogP contribution in [0, 0.1) is 0 Å². The molecule has 0 aliphatic heterocycles. The lowest BCUT2D eigenvalue weighted by Gasteiger charge is -2.16. The number of ether oxygens (including phenoxy) is 1. The number of hydrogen-bond acceptors (Lipinski definition) is 4. The summed E-state index contributed by atoms with van der Waals surface area (Å²) in [6.45, 7) is 7.99. The maximum atomic E-state index is 5.75. The molecule has 0 saturated carbocycles. The quantitative estimate of drug-likeness (QED) is 0.580. The Morgan fingerprint density at radius 3 is 2.81 bits per heavy atom. The molecule has 0 fully saturated rings. The third-order valence-corrected chi connectivity index (χ3v) is 4.57. The highest BCUT2D eigenvalue weighted by molar-refractivity contribution is 9.10. The number of hydrogen-bond donors (Lipinski definition) is 0. The molecule has 7 heteroatoms. The molecule has 0 aliphatic carbocycles. The molecule has 0 N–H and O–H groups in total. The number of rotatable bonds is 6. The third-order valence-electron chi connectivity index (χ3n) is 2.67. The zero-order valence-electron chi connectivity index (χ0n) is 12.5. The second kappa shape index (κ2) is 7.28. The summed E-state index contributed by atoms with van der Waals surface area (Å²) in [6.07, 6.45) is 6.91. The topological polar surface area (TPSA) is 52.8 Å². The average molecular weight is 367 g/mol. The molecule has 21 heavy (non-hydrogen) atoms. The van der Waals surface area contributed by atoms with Gasteiger partial charge in [0.1, 0.15) is 17.0 Å². The van der Waals surface area contributed by atoms with Gasteiger partial charge in [0.25, 0.3) is 0 Å². The van der Waals surface area contributed by atoms with Crippen molar-refractivity contribution in [1.82, 2.24) is 19.5 Å². The molecule has 0 aliphatic rings. The van der Waals surface area contributed by atoms with E-state index in [1.54, 1.807) is 18.6 Å². The maximum absolute atomic E-state index is 5.75. The molecule has 2 aromatic heterocycles. The Balaban J connectivity index is 1.92. The van der Waals surface area contributed by atoms with E-state index in [1.165, 1.54) is 0 Å². The molecule has 0 amide bonds. The molecular weight excluding hydrogens is 348 g/mol. The van der Waals surface area contributed by atoms with Crippen molar-refractivity contribution in [3.05, 3.63) is 29.4 Å². The van der Waals surface area contributed by atoms with Gasteiger partial charge in [-0.3, -0.25) is 4.98 Å². The van der Waals surface area contributed by atoms with E-state index in [9.17, 15) is 0 Å². The van der Waals surface area contributed by atoms with Gasteiger partial charge in [-0.05, 0) is 27.0 Å². The van der Waals surface area contributed by atoms with Crippen LogP contribution >= 0.6 is 15.9 Å². The Hall–Kier alpha value is -1.05. The SMILES string of the molecule is CC(C)(C)[Si]CCOCn1cc(Br)nc1-c1cnccn1. The monoisotopic (exact) mass is 366 g/mol. The molecule has 2 rings (SSSR count). The Labute approximate surface area is 136 Å². The normalized spacial score (nSPS) is 11.8. The molecule has 0 aromatic carbocycles. The summed E-state index contributed by atoms with van der Waals surface area (Å²) in [4.78, 5) is 12.8. The summed E-state index contributed by atoms with van der Waals surface area (Å²) in [7, 11) is 0.903. The van der Waals surface area contributed by atoms with Gasteiger partial charge in [-0.25, -0.2) is 9.97 Å². The summed E-state index contributed by atoms with van der Waals surface area (Å²) >= 11 is 3.39. The smallest absolute Gasteiger partial charge is 0.163 e. The summed E-state index contributed by atoms with van der Waals surface area (Å²) in [5, 5.41) is 0.381. The first-order valence-electron chi connectivity index (χ1n) is 6.77. The van der Waals surface area contributed by atoms with Gasteiger partial charge in [0.2, 0.25) is 0 Å². The molecule has 112 valence electrons. The maximum Gasteiger partial charge on any atom is 0.163 e. The number of aromatic nitrogens is 4. The van der Waals surface area contributed by atoms with Gasteiger partial charge in [-0.1, -0.05) is 20.8 Å². The van der Waals surface area contributed by atoms with Crippen molar-refractivity contribution in [1.29, 1.82) is 0 Å². The lowest BCUT2D eigenvalue weighted by molar-refractivity contribution is 0.0885. The molecule has 2 radical (unpaired) electrons. The van der Waals surface area contributed by atoms with Crippen molar-refractivity contribution in [2.75, 3.05) is 6.61 Å². The van der Waals surface area contributed by atoms with Crippen LogP contribution in [-0.4, -0.2) is 35.6 Å². The average Bonchev–Trinajstić information content (AvgIpc) is 2.79. The predicted molar refractivity (Wildman–Crippen MR) is 87.2 cm³/mol. The first-order valence-corrected chi connectivity index (χ1v) is 8.77. The Morgan fingerprint density at radius 2 is 2.14 bits per heavy atom. The summed E-state index contributed by atoms with van der Waals surface area (Å²) < 4.78 is 8.46. The van der Waals surface area contributed by atoms with E-state index in [4.69, 9.17) is 4.74 Å². The molecule has 0 saturated heterocycles. The molecule has 0 bridgehead atoms. The van der Waals surface area contributed by atoms with E-state index in [0.29, 0.717) is 11.8 Å². The van der Waals surface area contributed by atoms with Crippen LogP contribution in [0.15, 0.2) is 29.4 Å². The van der Waals surface area contributed by atoms with Crippen molar-refractivity contribution in [2.45, 2.75) is 38.6 Å². The lowest BCUT2D eigenvalue weighted by Crippen LogP contribution is -2.12. The van der Waals surface area contributed by atoms with Crippen LogP contribution in [0.4, 0.5) is 0 Å². The Kier molecular flexibility index (Phi) is 5.66. The van der Waals surface area contributed by atoms with Crippen molar-refractivity contribution in [2.24, 2.45) is 0 Å². The van der Waals surface area contributed by atoms with E-state index in [-0.39, 0.29) is 0 Å². The van der Waals surface area contributed by atoms with Gasteiger partial charge in [0.15, 0.2) is 5.82 Å². The molecule has 5 nitrogen and oxygen atoms in total. The summed E-state index contributed by atoms with van der Waals surface area (Å²) in [6, 6.07) is 1.08. The Bertz CT molecular complexity index is 568. The summed E-state index contributed by atoms with van der Waals surface area (Å²) in [5.74, 6) is 0.758. The van der Waals surface area contributed by atoms with E-state index < -0.39 is 0 Å². The largest absolute Gasteiger partial charge is 0.361 e. The van der Waals surface area contributed by atoms with Gasteiger partial charge in [-0.2, -0.15) is 0 Å². The minimum absolute atomic E-state index is 0.381. The molecule has 0 unspecified atom stereocenters. The summed E-state index contributed by atoms with van der Waals surface area (Å²) in [5.41, 5.74) is 0.739. The highest BCUT2D eigenvalue weighted by Crippen LogP contribution is 2.22. The third kappa shape index (κ3) is 5.33. The van der Waals surface area contributed by atoms with Gasteiger partial charge in [-0.15, -0.1) is 0 Å². The van der Waals surface area contributed by atoms with Crippen LogP contribution in [0.3, 0.4) is 0 Å². The minimum atomic E-state index is 0.381. The van der Waals surface area contributed by atoms with E-state index >= 15 is 0 Å². The zero-order valence-corrected chi connectivity index (χ0v) is 15.1. The van der Waals surface area contributed by atoms with Crippen LogP contribution < -0.4 is 0 Å². The molecule has 2 aromatic rings. The van der Waals surface area contributed by atoms with Crippen molar-refractivity contribution >= 4 is 25.4 Å². The molecule has 2 heterocycles. The van der Waals surface area contributed by atoms with Crippen LogP contribution in [0.2, 0.25) is 11.1 Å². The molecular formula is C14H19BrN4OSi. The fraction of sp³-hybridized carbons (Fsp3) is 0.500. The first-order chi connectivity index (χ1) is 9.96. The van der Waals surface area contributed by atoms with Gasteiger partial charge in [0.05, 0.1) is 6.20 Å². The van der Waals surface area contributed by atoms with Crippen LogP contribution in [0.25, 0.3) is 11.5 Å². The van der Waals surface area contributed by atoms with E-state index in [0.717, 1.165) is 38.3 Å². The van der Waals surface area contributed by atoms with Gasteiger partial charge < -0.3 is 9.30 Å². The van der Waals surface area contributed by atoms with Gasteiger partial charge >= 0.3 is 0 Å². The number of imidazole rings is 1.